The fraction of sp³-hybridized carbons (Fsp3) is 0.375. The van der Waals surface area contributed by atoms with Crippen LogP contribution in [0.1, 0.15) is 6.92 Å². The highest BCUT2D eigenvalue weighted by Crippen LogP contribution is 2.39. The molecule has 2 N–H and O–H groups in total. The molecule has 0 aromatic heterocycles. The summed E-state index contributed by atoms with van der Waals surface area (Å²) in [5.74, 6) is -0.127. The maximum Gasteiger partial charge on any atom is 0.219 e. The molecule has 1 heterocycles. The minimum absolute atomic E-state index is 0.0926. The van der Waals surface area contributed by atoms with E-state index in [4.69, 9.17) is 26.3 Å². The Hall–Kier alpha value is -2.19. The van der Waals surface area contributed by atoms with Gasteiger partial charge in [-0.15, -0.1) is 0 Å². The Morgan fingerprint density at radius 1 is 1.38 bits per heavy atom. The van der Waals surface area contributed by atoms with E-state index in [1.807, 2.05) is 0 Å². The van der Waals surface area contributed by atoms with E-state index in [2.05, 4.69) is 0 Å². The van der Waals surface area contributed by atoms with E-state index >= 15 is 0 Å². The van der Waals surface area contributed by atoms with Gasteiger partial charge in [-0.05, 0) is 6.92 Å². The van der Waals surface area contributed by atoms with Crippen molar-refractivity contribution in [2.75, 3.05) is 0 Å². The van der Waals surface area contributed by atoms with Crippen LogP contribution in [0.5, 0.6) is 0 Å². The molecule has 1 aliphatic rings. The van der Waals surface area contributed by atoms with Crippen molar-refractivity contribution in [3.8, 4) is 18.2 Å². The van der Waals surface area contributed by atoms with Gasteiger partial charge in [-0.3, -0.25) is 0 Å². The van der Waals surface area contributed by atoms with E-state index < -0.39 is 11.5 Å². The van der Waals surface area contributed by atoms with E-state index in [1.165, 1.54) is 6.92 Å². The molecule has 0 amide bonds. The number of rotatable bonds is 0. The second-order valence-corrected chi connectivity index (χ2v) is 2.64. The summed E-state index contributed by atoms with van der Waals surface area (Å²) in [6, 6.07) is 5.25. The van der Waals surface area contributed by atoms with Gasteiger partial charge in [0.2, 0.25) is 11.3 Å². The monoisotopic (exact) mass is 174 g/mol. The Balaban J connectivity index is 3.35. The van der Waals surface area contributed by atoms with Crippen molar-refractivity contribution in [3.05, 3.63) is 11.5 Å². The third-order valence-corrected chi connectivity index (χ3v) is 2.02. The molecule has 0 aromatic carbocycles. The molecule has 1 atom stereocenters. The zero-order chi connectivity index (χ0) is 10.1. The first-order valence-corrected chi connectivity index (χ1v) is 3.52. The van der Waals surface area contributed by atoms with Gasteiger partial charge < -0.3 is 10.5 Å². The van der Waals surface area contributed by atoms with Gasteiger partial charge in [0.1, 0.15) is 17.7 Å². The lowest BCUT2D eigenvalue weighted by Gasteiger charge is -2.14. The van der Waals surface area contributed by atoms with Crippen LogP contribution >= 0.6 is 0 Å². The number of hydrogen-bond acceptors (Lipinski definition) is 5. The molecule has 1 aliphatic heterocycles. The van der Waals surface area contributed by atoms with Crippen LogP contribution in [0.2, 0.25) is 0 Å². The number of nitriles is 3. The summed E-state index contributed by atoms with van der Waals surface area (Å²) >= 11 is 0. The number of nitrogens with zero attached hydrogens (tertiary/aromatic N) is 3. The minimum atomic E-state index is -1.54. The molecule has 0 saturated heterocycles. The zero-order valence-corrected chi connectivity index (χ0v) is 6.90. The molecular weight excluding hydrogens is 168 g/mol. The zero-order valence-electron chi connectivity index (χ0n) is 6.90. The largest absolute Gasteiger partial charge is 0.472 e. The Labute approximate surface area is 75.2 Å². The van der Waals surface area contributed by atoms with Crippen molar-refractivity contribution in [3.63, 3.8) is 0 Å². The predicted molar refractivity (Wildman–Crippen MR) is 41.0 cm³/mol. The molecule has 5 heteroatoms. The Morgan fingerprint density at radius 2 is 1.92 bits per heavy atom. The van der Waals surface area contributed by atoms with Crippen molar-refractivity contribution in [2.24, 2.45) is 11.1 Å². The van der Waals surface area contributed by atoms with Crippen LogP contribution in [0.3, 0.4) is 0 Å². The summed E-state index contributed by atoms with van der Waals surface area (Å²) in [4.78, 5) is 0. The van der Waals surface area contributed by atoms with Crippen molar-refractivity contribution in [2.45, 2.75) is 13.0 Å². The number of hydrogen-bond donors (Lipinski definition) is 1. The quantitative estimate of drug-likeness (QED) is 0.561. The molecule has 0 aliphatic carbocycles. The first kappa shape index (κ1) is 8.90. The smallest absolute Gasteiger partial charge is 0.219 e. The lowest BCUT2D eigenvalue weighted by molar-refractivity contribution is 0.121. The molecule has 5 nitrogen and oxygen atoms in total. The van der Waals surface area contributed by atoms with Crippen LogP contribution in [0.4, 0.5) is 0 Å². The van der Waals surface area contributed by atoms with Crippen molar-refractivity contribution in [1.29, 1.82) is 15.8 Å². The van der Waals surface area contributed by atoms with E-state index in [0.29, 0.717) is 0 Å². The first-order valence-electron chi connectivity index (χ1n) is 3.52. The van der Waals surface area contributed by atoms with Gasteiger partial charge in [0.05, 0.1) is 12.1 Å². The SMILES string of the molecule is CC1OC(N)=C(C#N)C1(C#N)C#N. The lowest BCUT2D eigenvalue weighted by atomic mass is 9.81. The lowest BCUT2D eigenvalue weighted by Crippen LogP contribution is -2.28. The van der Waals surface area contributed by atoms with Gasteiger partial charge in [-0.25, -0.2) is 0 Å². The van der Waals surface area contributed by atoms with E-state index in [1.54, 1.807) is 18.2 Å². The summed E-state index contributed by atoms with van der Waals surface area (Å²) in [6.45, 7) is 1.53. The average molecular weight is 174 g/mol. The molecule has 1 unspecified atom stereocenters. The van der Waals surface area contributed by atoms with Crippen LogP contribution in [-0.4, -0.2) is 6.10 Å². The molecule has 13 heavy (non-hydrogen) atoms. The number of nitrogens with two attached hydrogens (primary N) is 1. The second kappa shape index (κ2) is 2.69. The molecule has 0 spiro atoms. The Morgan fingerprint density at radius 3 is 2.23 bits per heavy atom. The van der Waals surface area contributed by atoms with E-state index in [9.17, 15) is 0 Å². The minimum Gasteiger partial charge on any atom is -0.472 e. The predicted octanol–water partition coefficient (Wildman–Crippen LogP) is 0.133. The van der Waals surface area contributed by atoms with Gasteiger partial charge in [0.15, 0.2) is 0 Å². The standard InChI is InChI=1S/C8H6N4O/c1-5-8(3-10,4-11)6(2-9)7(12)13-5/h5H,12H2,1H3. The molecule has 1 rings (SSSR count). The Bertz CT molecular complexity index is 376. The highest BCUT2D eigenvalue weighted by Gasteiger charge is 2.50. The van der Waals surface area contributed by atoms with E-state index in [-0.39, 0.29) is 11.5 Å². The fourth-order valence-electron chi connectivity index (χ4n) is 1.20. The maximum atomic E-state index is 8.81. The van der Waals surface area contributed by atoms with Crippen LogP contribution in [0.25, 0.3) is 0 Å². The molecular formula is C8H6N4O. The van der Waals surface area contributed by atoms with Crippen molar-refractivity contribution >= 4 is 0 Å². The van der Waals surface area contributed by atoms with Gasteiger partial charge in [-0.2, -0.15) is 15.8 Å². The fourth-order valence-corrected chi connectivity index (χ4v) is 1.20. The van der Waals surface area contributed by atoms with Crippen LogP contribution in [0.15, 0.2) is 11.5 Å². The molecule has 64 valence electrons. The molecule has 0 bridgehead atoms. The first-order chi connectivity index (χ1) is 6.12. The Kier molecular flexibility index (Phi) is 1.85. The third kappa shape index (κ3) is 0.898. The topological polar surface area (TPSA) is 107 Å². The molecule has 0 radical (unpaired) electrons. The van der Waals surface area contributed by atoms with Gasteiger partial charge in [0, 0.05) is 0 Å². The molecule has 0 aromatic rings. The van der Waals surface area contributed by atoms with Crippen molar-refractivity contribution in [1.82, 2.24) is 0 Å². The average Bonchev–Trinajstić information content (AvgIpc) is 2.36. The third-order valence-electron chi connectivity index (χ3n) is 2.02. The molecule has 0 saturated carbocycles. The summed E-state index contributed by atoms with van der Waals surface area (Å²) in [5, 5.41) is 26.3. The highest BCUT2D eigenvalue weighted by molar-refractivity contribution is 5.47. The number of ether oxygens (including phenoxy) is 1. The van der Waals surface area contributed by atoms with Crippen LogP contribution in [0, 0.1) is 39.4 Å². The van der Waals surface area contributed by atoms with E-state index in [0.717, 1.165) is 0 Å². The summed E-state index contributed by atoms with van der Waals surface area (Å²) in [7, 11) is 0. The second-order valence-electron chi connectivity index (χ2n) is 2.64. The summed E-state index contributed by atoms with van der Waals surface area (Å²) < 4.78 is 4.95. The summed E-state index contributed by atoms with van der Waals surface area (Å²) in [6.07, 6.45) is -0.697. The summed E-state index contributed by atoms with van der Waals surface area (Å²) in [5.41, 5.74) is 3.70. The maximum absolute atomic E-state index is 8.81. The van der Waals surface area contributed by atoms with Crippen molar-refractivity contribution < 1.29 is 4.74 Å². The van der Waals surface area contributed by atoms with Crippen LogP contribution < -0.4 is 5.73 Å². The van der Waals surface area contributed by atoms with Gasteiger partial charge >= 0.3 is 0 Å². The normalized spacial score (nSPS) is 24.0. The van der Waals surface area contributed by atoms with Crippen LogP contribution in [-0.2, 0) is 4.74 Å². The van der Waals surface area contributed by atoms with Gasteiger partial charge in [-0.1, -0.05) is 0 Å². The van der Waals surface area contributed by atoms with Gasteiger partial charge in [0.25, 0.3) is 0 Å². The highest BCUT2D eigenvalue weighted by atomic mass is 16.5. The molecule has 0 fully saturated rings.